The Hall–Kier alpha value is -2.17. The number of aromatic nitrogens is 1. The average Bonchev–Trinajstić information content (AvgIpc) is 2.64. The van der Waals surface area contributed by atoms with Crippen molar-refractivity contribution in [3.05, 3.63) is 65.5 Å². The predicted molar refractivity (Wildman–Crippen MR) is 101 cm³/mol. The van der Waals surface area contributed by atoms with Gasteiger partial charge in [-0.05, 0) is 49.1 Å². The minimum absolute atomic E-state index is 0.722. The molecule has 2 heterocycles. The van der Waals surface area contributed by atoms with E-state index in [0.717, 1.165) is 55.0 Å². The lowest BCUT2D eigenvalue weighted by Crippen LogP contribution is -2.43. The van der Waals surface area contributed by atoms with E-state index in [2.05, 4.69) is 22.0 Å². The van der Waals surface area contributed by atoms with Gasteiger partial charge in [0.25, 0.3) is 0 Å². The Kier molecular flexibility index (Phi) is 5.51. The molecule has 1 saturated heterocycles. The molecule has 25 heavy (non-hydrogen) atoms. The molecule has 1 fully saturated rings. The van der Waals surface area contributed by atoms with Crippen molar-refractivity contribution in [3.8, 4) is 5.75 Å². The van der Waals surface area contributed by atoms with Crippen LogP contribution in [0.1, 0.15) is 29.7 Å². The molecule has 1 N–H and O–H groups in total. The van der Waals surface area contributed by atoms with E-state index < -0.39 is 5.60 Å². The lowest BCUT2D eigenvalue weighted by atomic mass is 9.87. The van der Waals surface area contributed by atoms with Gasteiger partial charge in [-0.3, -0.25) is 9.88 Å². The molecule has 4 nitrogen and oxygen atoms in total. The summed E-state index contributed by atoms with van der Waals surface area (Å²) in [6.07, 6.45) is 7.58. The highest BCUT2D eigenvalue weighted by Gasteiger charge is 2.34. The smallest absolute Gasteiger partial charge is 0.118 e. The number of methoxy groups -OCH3 is 1. The van der Waals surface area contributed by atoms with Crippen LogP contribution in [0.4, 0.5) is 0 Å². The van der Waals surface area contributed by atoms with Crippen LogP contribution in [0.5, 0.6) is 5.75 Å². The zero-order valence-electron chi connectivity index (χ0n) is 15.0. The molecule has 0 atom stereocenters. The number of hydrogen-bond acceptors (Lipinski definition) is 4. The summed E-state index contributed by atoms with van der Waals surface area (Å²) >= 11 is 0. The van der Waals surface area contributed by atoms with Gasteiger partial charge in [-0.15, -0.1) is 0 Å². The van der Waals surface area contributed by atoms with Gasteiger partial charge >= 0.3 is 0 Å². The van der Waals surface area contributed by atoms with Gasteiger partial charge in [0.15, 0.2) is 0 Å². The first-order chi connectivity index (χ1) is 12.1. The van der Waals surface area contributed by atoms with Crippen LogP contribution >= 0.6 is 0 Å². The van der Waals surface area contributed by atoms with Gasteiger partial charge in [0, 0.05) is 25.8 Å². The van der Waals surface area contributed by atoms with Crippen LogP contribution in [0, 0.1) is 6.92 Å². The number of aliphatic hydroxyl groups is 1. The number of aryl methyl sites for hydroxylation is 1. The average molecular weight is 338 g/mol. The zero-order chi connectivity index (χ0) is 17.7. The topological polar surface area (TPSA) is 45.6 Å². The Morgan fingerprint density at radius 3 is 2.48 bits per heavy atom. The van der Waals surface area contributed by atoms with Crippen LogP contribution in [0.25, 0.3) is 6.08 Å². The number of pyridine rings is 1. The molecule has 0 saturated carbocycles. The molecule has 0 amide bonds. The van der Waals surface area contributed by atoms with E-state index in [1.54, 1.807) is 7.11 Å². The maximum Gasteiger partial charge on any atom is 0.118 e. The molecule has 0 bridgehead atoms. The van der Waals surface area contributed by atoms with E-state index in [1.807, 2.05) is 49.5 Å². The van der Waals surface area contributed by atoms with Gasteiger partial charge in [0.2, 0.25) is 0 Å². The molecule has 1 aliphatic rings. The van der Waals surface area contributed by atoms with Crippen LogP contribution in [-0.2, 0) is 5.60 Å². The second kappa shape index (κ2) is 7.81. The Labute approximate surface area is 149 Å². The molecule has 0 radical (unpaired) electrons. The summed E-state index contributed by atoms with van der Waals surface area (Å²) in [5, 5.41) is 10.9. The van der Waals surface area contributed by atoms with Crippen LogP contribution in [0.15, 0.2) is 48.7 Å². The van der Waals surface area contributed by atoms with Crippen molar-refractivity contribution in [2.75, 3.05) is 26.7 Å². The summed E-state index contributed by atoms with van der Waals surface area (Å²) in [7, 11) is 1.68. The summed E-state index contributed by atoms with van der Waals surface area (Å²) in [4.78, 5) is 6.79. The third-order valence-corrected chi connectivity index (χ3v) is 4.86. The number of piperidine rings is 1. The van der Waals surface area contributed by atoms with Gasteiger partial charge in [0.05, 0.1) is 12.8 Å². The van der Waals surface area contributed by atoms with Gasteiger partial charge in [-0.25, -0.2) is 0 Å². The van der Waals surface area contributed by atoms with Gasteiger partial charge < -0.3 is 9.84 Å². The molecule has 1 aliphatic heterocycles. The second-order valence-corrected chi connectivity index (χ2v) is 6.73. The van der Waals surface area contributed by atoms with Gasteiger partial charge in [0.1, 0.15) is 11.4 Å². The maximum atomic E-state index is 10.9. The largest absolute Gasteiger partial charge is 0.497 e. The van der Waals surface area contributed by atoms with Crippen LogP contribution in [-0.4, -0.2) is 41.7 Å². The lowest BCUT2D eigenvalue weighted by Gasteiger charge is -2.37. The van der Waals surface area contributed by atoms with Crippen molar-refractivity contribution >= 4 is 6.08 Å². The Morgan fingerprint density at radius 2 is 1.88 bits per heavy atom. The molecule has 132 valence electrons. The monoisotopic (exact) mass is 338 g/mol. The number of ether oxygens (including phenoxy) is 1. The number of hydrogen-bond donors (Lipinski definition) is 1. The predicted octanol–water partition coefficient (Wildman–Crippen LogP) is 3.40. The highest BCUT2D eigenvalue weighted by molar-refractivity contribution is 5.50. The number of rotatable bonds is 5. The normalized spacial score (nSPS) is 17.7. The van der Waals surface area contributed by atoms with Crippen molar-refractivity contribution in [1.29, 1.82) is 0 Å². The van der Waals surface area contributed by atoms with Crippen molar-refractivity contribution in [1.82, 2.24) is 9.88 Å². The standard InChI is InChI=1S/C21H26N2O2/c1-17-5-10-20(22-16-17)21(24)11-14-23(15-12-21)13-3-4-18-6-8-19(25-2)9-7-18/h3-10,16,24H,11-15H2,1-2H3/b4-3+. The summed E-state index contributed by atoms with van der Waals surface area (Å²) in [6, 6.07) is 12.0. The molecular weight excluding hydrogens is 312 g/mol. The summed E-state index contributed by atoms with van der Waals surface area (Å²) in [6.45, 7) is 4.65. The number of nitrogens with zero attached hydrogens (tertiary/aromatic N) is 2. The Bertz CT molecular complexity index is 700. The molecule has 2 aromatic rings. The third-order valence-electron chi connectivity index (χ3n) is 4.86. The van der Waals surface area contributed by atoms with E-state index >= 15 is 0 Å². The first kappa shape index (κ1) is 17.6. The molecule has 1 aromatic carbocycles. The summed E-state index contributed by atoms with van der Waals surface area (Å²) < 4.78 is 5.17. The van der Waals surface area contributed by atoms with Crippen LogP contribution < -0.4 is 4.74 Å². The van der Waals surface area contributed by atoms with Crippen molar-refractivity contribution in [3.63, 3.8) is 0 Å². The van der Waals surface area contributed by atoms with E-state index in [-0.39, 0.29) is 0 Å². The van der Waals surface area contributed by atoms with E-state index in [0.29, 0.717) is 0 Å². The first-order valence-corrected chi connectivity index (χ1v) is 8.77. The molecule has 0 unspecified atom stereocenters. The molecule has 4 heteroatoms. The fourth-order valence-electron chi connectivity index (χ4n) is 3.16. The zero-order valence-corrected chi connectivity index (χ0v) is 15.0. The van der Waals surface area contributed by atoms with Crippen molar-refractivity contribution in [2.45, 2.75) is 25.4 Å². The molecule has 0 spiro atoms. The van der Waals surface area contributed by atoms with Gasteiger partial charge in [-0.1, -0.05) is 30.4 Å². The minimum Gasteiger partial charge on any atom is -0.497 e. The second-order valence-electron chi connectivity index (χ2n) is 6.73. The third kappa shape index (κ3) is 4.47. The van der Waals surface area contributed by atoms with E-state index in [1.165, 1.54) is 0 Å². The van der Waals surface area contributed by atoms with Crippen LogP contribution in [0.2, 0.25) is 0 Å². The quantitative estimate of drug-likeness (QED) is 0.908. The van der Waals surface area contributed by atoms with E-state index in [4.69, 9.17) is 4.74 Å². The van der Waals surface area contributed by atoms with Crippen molar-refractivity contribution in [2.24, 2.45) is 0 Å². The first-order valence-electron chi connectivity index (χ1n) is 8.77. The van der Waals surface area contributed by atoms with E-state index in [9.17, 15) is 5.11 Å². The Balaban J connectivity index is 1.51. The summed E-state index contributed by atoms with van der Waals surface area (Å²) in [5.41, 5.74) is 2.29. The Morgan fingerprint density at radius 1 is 1.16 bits per heavy atom. The minimum atomic E-state index is -0.788. The molecule has 0 aliphatic carbocycles. The van der Waals surface area contributed by atoms with Gasteiger partial charge in [-0.2, -0.15) is 0 Å². The van der Waals surface area contributed by atoms with Crippen molar-refractivity contribution < 1.29 is 9.84 Å². The van der Waals surface area contributed by atoms with Crippen LogP contribution in [0.3, 0.4) is 0 Å². The number of likely N-dealkylation sites (tertiary alicyclic amines) is 1. The maximum absolute atomic E-state index is 10.9. The highest BCUT2D eigenvalue weighted by Crippen LogP contribution is 2.31. The SMILES string of the molecule is COc1ccc(/C=C/CN2CCC(O)(c3ccc(C)cn3)CC2)cc1. The lowest BCUT2D eigenvalue weighted by molar-refractivity contribution is -0.0268. The number of benzene rings is 1. The molecule has 3 rings (SSSR count). The summed E-state index contributed by atoms with van der Waals surface area (Å²) in [5.74, 6) is 0.872. The fourth-order valence-corrected chi connectivity index (χ4v) is 3.16. The fraction of sp³-hybridized carbons (Fsp3) is 0.381. The molecular formula is C21H26N2O2. The highest BCUT2D eigenvalue weighted by atomic mass is 16.5. The molecule has 1 aromatic heterocycles.